The van der Waals surface area contributed by atoms with E-state index < -0.39 is 23.6 Å². The van der Waals surface area contributed by atoms with Crippen LogP contribution in [0.5, 0.6) is 0 Å². The van der Waals surface area contributed by atoms with Crippen molar-refractivity contribution < 1.29 is 13.9 Å². The highest BCUT2D eigenvalue weighted by Gasteiger charge is 2.35. The molecule has 0 heterocycles. The molecule has 2 rings (SSSR count). The molecule has 1 fully saturated rings. The van der Waals surface area contributed by atoms with Crippen LogP contribution in [0.1, 0.15) is 56.6 Å². The molecule has 1 saturated carbocycles. The van der Waals surface area contributed by atoms with Crippen molar-refractivity contribution in [2.45, 2.75) is 45.4 Å². The van der Waals surface area contributed by atoms with Crippen LogP contribution in [0.25, 0.3) is 0 Å². The van der Waals surface area contributed by atoms with Gasteiger partial charge in [-0.15, -0.1) is 0 Å². The molecular formula is C19H25FN2O2. The van der Waals surface area contributed by atoms with Gasteiger partial charge in [0.15, 0.2) is 0 Å². The van der Waals surface area contributed by atoms with E-state index in [1.54, 1.807) is 13.0 Å². The molecule has 0 amide bonds. The van der Waals surface area contributed by atoms with Crippen molar-refractivity contribution in [2.75, 3.05) is 7.11 Å². The largest absolute Gasteiger partial charge is 0.469 e. The number of carbonyl (C=O) groups excluding carboxylic acids is 1. The summed E-state index contributed by atoms with van der Waals surface area (Å²) >= 11 is 0. The molecule has 2 unspecified atom stereocenters. The van der Waals surface area contributed by atoms with Crippen molar-refractivity contribution >= 4 is 17.4 Å². The summed E-state index contributed by atoms with van der Waals surface area (Å²) in [6, 6.07) is 4.96. The van der Waals surface area contributed by atoms with Crippen molar-refractivity contribution in [3.8, 4) is 0 Å². The van der Waals surface area contributed by atoms with Gasteiger partial charge in [-0.25, -0.2) is 4.39 Å². The van der Waals surface area contributed by atoms with E-state index in [9.17, 15) is 9.18 Å². The van der Waals surface area contributed by atoms with Gasteiger partial charge in [-0.2, -0.15) is 0 Å². The Bertz CT molecular complexity index is 653. The maximum Gasteiger partial charge on any atom is 0.309 e. The number of hydrogen-bond acceptors (Lipinski definition) is 4. The lowest BCUT2D eigenvalue weighted by atomic mass is 9.79. The Kier molecular flexibility index (Phi) is 5.86. The predicted molar refractivity (Wildman–Crippen MR) is 92.5 cm³/mol. The number of carbonyl (C=O) groups is 1. The highest BCUT2D eigenvalue weighted by molar-refractivity contribution is 6.14. The van der Waals surface area contributed by atoms with Crippen LogP contribution in [-0.2, 0) is 9.53 Å². The van der Waals surface area contributed by atoms with E-state index in [0.717, 1.165) is 24.8 Å². The van der Waals surface area contributed by atoms with Gasteiger partial charge >= 0.3 is 5.97 Å². The van der Waals surface area contributed by atoms with Gasteiger partial charge in [0.25, 0.3) is 0 Å². The molecule has 0 saturated heterocycles. The SMILES string of the molecule is CCCC(C(=O)OC)C(C(C)=N)C(=N)c1ccc(C2CC2)cc1F. The first-order chi connectivity index (χ1) is 11.4. The van der Waals surface area contributed by atoms with Gasteiger partial charge in [0, 0.05) is 11.3 Å². The number of methoxy groups -OCH3 is 1. The van der Waals surface area contributed by atoms with Gasteiger partial charge in [0.1, 0.15) is 5.82 Å². The van der Waals surface area contributed by atoms with Gasteiger partial charge in [-0.3, -0.25) is 4.79 Å². The second kappa shape index (κ2) is 7.69. The van der Waals surface area contributed by atoms with E-state index >= 15 is 0 Å². The standard InChI is InChI=1S/C19H25FN2O2/c1-4-5-15(19(23)24-3)17(11(2)21)18(22)14-9-8-13(10-16(14)20)12-6-7-12/h8-10,12,15,17,21-22H,4-7H2,1-3H3. The van der Waals surface area contributed by atoms with E-state index in [1.807, 2.05) is 13.0 Å². The second-order valence-corrected chi connectivity index (χ2v) is 6.51. The van der Waals surface area contributed by atoms with Crippen LogP contribution in [0.4, 0.5) is 4.39 Å². The summed E-state index contributed by atoms with van der Waals surface area (Å²) in [5.41, 5.74) is 1.28. The molecule has 2 N–H and O–H groups in total. The van der Waals surface area contributed by atoms with E-state index in [-0.39, 0.29) is 17.0 Å². The zero-order chi connectivity index (χ0) is 17.9. The molecule has 0 aliphatic heterocycles. The summed E-state index contributed by atoms with van der Waals surface area (Å²) in [6.45, 7) is 3.49. The van der Waals surface area contributed by atoms with Crippen LogP contribution in [-0.4, -0.2) is 24.5 Å². The van der Waals surface area contributed by atoms with E-state index in [4.69, 9.17) is 15.6 Å². The molecule has 0 spiro atoms. The molecule has 1 aromatic carbocycles. The Morgan fingerprint density at radius 1 is 1.38 bits per heavy atom. The molecule has 0 bridgehead atoms. The molecule has 0 radical (unpaired) electrons. The third-order valence-electron chi connectivity index (χ3n) is 4.62. The average molecular weight is 332 g/mol. The summed E-state index contributed by atoms with van der Waals surface area (Å²) in [6.07, 6.45) is 3.39. The van der Waals surface area contributed by atoms with Gasteiger partial charge in [-0.05, 0) is 49.8 Å². The van der Waals surface area contributed by atoms with E-state index in [1.165, 1.54) is 13.2 Å². The molecule has 2 atom stereocenters. The number of nitrogens with one attached hydrogen (secondary N) is 2. The molecule has 0 aromatic heterocycles. The fourth-order valence-corrected chi connectivity index (χ4v) is 3.19. The van der Waals surface area contributed by atoms with Crippen molar-refractivity contribution in [1.29, 1.82) is 10.8 Å². The van der Waals surface area contributed by atoms with Crippen LogP contribution in [0, 0.1) is 28.5 Å². The zero-order valence-corrected chi connectivity index (χ0v) is 14.5. The number of rotatable bonds is 8. The third kappa shape index (κ3) is 3.89. The Labute approximate surface area is 142 Å². The predicted octanol–water partition coefficient (Wildman–Crippen LogP) is 4.32. The lowest BCUT2D eigenvalue weighted by Gasteiger charge is -2.25. The Hall–Kier alpha value is -2.04. The van der Waals surface area contributed by atoms with Crippen molar-refractivity contribution in [3.05, 3.63) is 35.1 Å². The first-order valence-corrected chi connectivity index (χ1v) is 8.41. The quantitative estimate of drug-likeness (QED) is 0.549. The molecule has 130 valence electrons. The minimum absolute atomic E-state index is 0.0220. The number of ether oxygens (including phenoxy) is 1. The highest BCUT2D eigenvalue weighted by atomic mass is 19.1. The fourth-order valence-electron chi connectivity index (χ4n) is 3.19. The van der Waals surface area contributed by atoms with Gasteiger partial charge in [-0.1, -0.05) is 19.4 Å². The molecule has 4 nitrogen and oxygen atoms in total. The summed E-state index contributed by atoms with van der Waals surface area (Å²) in [5, 5.41) is 16.5. The average Bonchev–Trinajstić information content (AvgIpc) is 3.37. The maximum absolute atomic E-state index is 14.5. The topological polar surface area (TPSA) is 74.0 Å². The minimum Gasteiger partial charge on any atom is -0.469 e. The normalized spacial score (nSPS) is 16.3. The smallest absolute Gasteiger partial charge is 0.309 e. The summed E-state index contributed by atoms with van der Waals surface area (Å²) in [5.74, 6) is -1.86. The summed E-state index contributed by atoms with van der Waals surface area (Å²) in [7, 11) is 1.30. The van der Waals surface area contributed by atoms with Crippen LogP contribution in [0.15, 0.2) is 18.2 Å². The van der Waals surface area contributed by atoms with Gasteiger partial charge < -0.3 is 15.6 Å². The Balaban J connectivity index is 2.34. The highest BCUT2D eigenvalue weighted by Crippen LogP contribution is 2.40. The van der Waals surface area contributed by atoms with Crippen LogP contribution < -0.4 is 0 Å². The molecule has 1 aromatic rings. The molecular weight excluding hydrogens is 307 g/mol. The van der Waals surface area contributed by atoms with Crippen molar-refractivity contribution in [3.63, 3.8) is 0 Å². The monoisotopic (exact) mass is 332 g/mol. The van der Waals surface area contributed by atoms with Crippen molar-refractivity contribution in [2.24, 2.45) is 11.8 Å². The van der Waals surface area contributed by atoms with Gasteiger partial charge in [0.05, 0.1) is 24.7 Å². The fraction of sp³-hybridized carbons (Fsp3) is 0.526. The molecule has 1 aliphatic rings. The first-order valence-electron chi connectivity index (χ1n) is 8.41. The molecule has 5 heteroatoms. The van der Waals surface area contributed by atoms with Crippen LogP contribution >= 0.6 is 0 Å². The minimum atomic E-state index is -0.765. The maximum atomic E-state index is 14.5. The van der Waals surface area contributed by atoms with Crippen LogP contribution in [0.2, 0.25) is 0 Å². The number of hydrogen-bond donors (Lipinski definition) is 2. The molecule has 1 aliphatic carbocycles. The van der Waals surface area contributed by atoms with E-state index in [2.05, 4.69) is 0 Å². The van der Waals surface area contributed by atoms with Crippen LogP contribution in [0.3, 0.4) is 0 Å². The van der Waals surface area contributed by atoms with Gasteiger partial charge in [0.2, 0.25) is 0 Å². The Morgan fingerprint density at radius 3 is 2.50 bits per heavy atom. The lowest BCUT2D eigenvalue weighted by molar-refractivity contribution is -0.146. The number of halogens is 1. The first kappa shape index (κ1) is 18.3. The Morgan fingerprint density at radius 2 is 2.04 bits per heavy atom. The summed E-state index contributed by atoms with van der Waals surface area (Å²) in [4.78, 5) is 12.1. The second-order valence-electron chi connectivity index (χ2n) is 6.51. The number of esters is 1. The molecule has 24 heavy (non-hydrogen) atoms. The van der Waals surface area contributed by atoms with E-state index in [0.29, 0.717) is 12.3 Å². The zero-order valence-electron chi connectivity index (χ0n) is 14.5. The number of benzene rings is 1. The summed E-state index contributed by atoms with van der Waals surface area (Å²) < 4.78 is 19.4. The van der Waals surface area contributed by atoms with Crippen molar-refractivity contribution in [1.82, 2.24) is 0 Å². The third-order valence-corrected chi connectivity index (χ3v) is 4.62. The lowest BCUT2D eigenvalue weighted by Crippen LogP contribution is -2.35.